The van der Waals surface area contributed by atoms with E-state index in [1.807, 2.05) is 19.9 Å². The molecule has 0 unspecified atom stereocenters. The zero-order chi connectivity index (χ0) is 26.1. The number of halogens is 1. The Kier molecular flexibility index (Phi) is 10.1. The van der Waals surface area contributed by atoms with E-state index in [1.165, 1.54) is 0 Å². The van der Waals surface area contributed by atoms with E-state index >= 15 is 0 Å². The standard InChI is InChI=1S/C27H34ClN3O5/c1-18(2)23-17-36-24-10-9-21(28)14-22(24)26(33)29-11-4-5-12-31(15-25(32)30-23)27(34)20-8-6-7-19(13-20)16-35-3/h6-10,13-14,18,23H,4-5,11-12,15-17H2,1-3H3,(H,29,33)(H,30,32)/t23-/m0/s1. The maximum atomic E-state index is 13.3. The van der Waals surface area contributed by atoms with Gasteiger partial charge in [-0.1, -0.05) is 37.6 Å². The molecule has 0 aromatic heterocycles. The molecule has 1 aliphatic heterocycles. The molecule has 2 N–H and O–H groups in total. The van der Waals surface area contributed by atoms with Gasteiger partial charge < -0.3 is 25.0 Å². The van der Waals surface area contributed by atoms with Crippen LogP contribution in [0.1, 0.15) is 53.0 Å². The summed E-state index contributed by atoms with van der Waals surface area (Å²) in [5.41, 5.74) is 1.73. The van der Waals surface area contributed by atoms with Gasteiger partial charge in [-0.3, -0.25) is 14.4 Å². The maximum Gasteiger partial charge on any atom is 0.255 e. The van der Waals surface area contributed by atoms with Crippen molar-refractivity contribution in [2.45, 2.75) is 39.3 Å². The number of rotatable bonds is 4. The van der Waals surface area contributed by atoms with Gasteiger partial charge >= 0.3 is 0 Å². The van der Waals surface area contributed by atoms with Gasteiger partial charge in [0.05, 0.1) is 24.8 Å². The molecule has 1 aliphatic rings. The minimum absolute atomic E-state index is 0.0593. The quantitative estimate of drug-likeness (QED) is 0.647. The molecule has 1 heterocycles. The molecule has 0 radical (unpaired) electrons. The number of carbonyl (C=O) groups is 3. The van der Waals surface area contributed by atoms with Crippen LogP contribution in [-0.2, 0) is 16.1 Å². The van der Waals surface area contributed by atoms with Crippen LogP contribution < -0.4 is 15.4 Å². The number of hydrogen-bond acceptors (Lipinski definition) is 5. The van der Waals surface area contributed by atoms with E-state index in [9.17, 15) is 14.4 Å². The van der Waals surface area contributed by atoms with Crippen molar-refractivity contribution < 1.29 is 23.9 Å². The third kappa shape index (κ3) is 7.70. The Hall–Kier alpha value is -3.10. The van der Waals surface area contributed by atoms with E-state index in [-0.39, 0.29) is 42.8 Å². The fourth-order valence-electron chi connectivity index (χ4n) is 3.93. The third-order valence-corrected chi connectivity index (χ3v) is 6.24. The zero-order valence-corrected chi connectivity index (χ0v) is 21.8. The van der Waals surface area contributed by atoms with Crippen LogP contribution in [-0.4, -0.2) is 62.0 Å². The minimum Gasteiger partial charge on any atom is -0.491 e. The first kappa shape index (κ1) is 27.5. The second-order valence-corrected chi connectivity index (χ2v) is 9.63. The smallest absolute Gasteiger partial charge is 0.255 e. The summed E-state index contributed by atoms with van der Waals surface area (Å²) in [6, 6.07) is 11.8. The van der Waals surface area contributed by atoms with E-state index < -0.39 is 0 Å². The van der Waals surface area contributed by atoms with Crippen molar-refractivity contribution in [3.63, 3.8) is 0 Å². The Bertz CT molecular complexity index is 1080. The third-order valence-electron chi connectivity index (χ3n) is 6.00. The normalized spacial score (nSPS) is 17.8. The van der Waals surface area contributed by atoms with Gasteiger partial charge in [0, 0.05) is 30.8 Å². The molecule has 0 saturated heterocycles. The van der Waals surface area contributed by atoms with Crippen LogP contribution in [0.15, 0.2) is 42.5 Å². The Morgan fingerprint density at radius 2 is 2.00 bits per heavy atom. The van der Waals surface area contributed by atoms with Crippen molar-refractivity contribution in [2.24, 2.45) is 5.92 Å². The highest BCUT2D eigenvalue weighted by Gasteiger charge is 2.24. The van der Waals surface area contributed by atoms with Gasteiger partial charge in [0.25, 0.3) is 11.8 Å². The molecule has 36 heavy (non-hydrogen) atoms. The molecule has 2 aromatic carbocycles. The summed E-state index contributed by atoms with van der Waals surface area (Å²) in [6.07, 6.45) is 1.25. The van der Waals surface area contributed by atoms with Crippen LogP contribution in [0, 0.1) is 5.92 Å². The van der Waals surface area contributed by atoms with Crippen molar-refractivity contribution >= 4 is 29.3 Å². The largest absolute Gasteiger partial charge is 0.491 e. The number of methoxy groups -OCH3 is 1. The number of nitrogens with zero attached hydrogens (tertiary/aromatic N) is 1. The molecule has 8 nitrogen and oxygen atoms in total. The summed E-state index contributed by atoms with van der Waals surface area (Å²) in [7, 11) is 1.60. The first-order valence-electron chi connectivity index (χ1n) is 12.2. The second-order valence-electron chi connectivity index (χ2n) is 9.19. The molecule has 2 aromatic rings. The molecule has 0 fully saturated rings. The van der Waals surface area contributed by atoms with Crippen LogP contribution in [0.5, 0.6) is 5.75 Å². The molecule has 1 atom stereocenters. The van der Waals surface area contributed by atoms with E-state index in [4.69, 9.17) is 21.1 Å². The number of nitrogens with one attached hydrogen (secondary N) is 2. The lowest BCUT2D eigenvalue weighted by molar-refractivity contribution is -0.123. The predicted molar refractivity (Wildman–Crippen MR) is 138 cm³/mol. The summed E-state index contributed by atoms with van der Waals surface area (Å²) < 4.78 is 11.1. The highest BCUT2D eigenvalue weighted by Crippen LogP contribution is 2.24. The molecule has 0 bridgehead atoms. The van der Waals surface area contributed by atoms with E-state index in [2.05, 4.69) is 10.6 Å². The molecular formula is C27H34ClN3O5. The van der Waals surface area contributed by atoms with Gasteiger partial charge in [-0.15, -0.1) is 0 Å². The number of fused-ring (bicyclic) bond motifs is 1. The predicted octanol–water partition coefficient (Wildman–Crippen LogP) is 3.67. The molecule has 0 saturated carbocycles. The fourth-order valence-corrected chi connectivity index (χ4v) is 4.10. The van der Waals surface area contributed by atoms with E-state index in [0.717, 1.165) is 5.56 Å². The Balaban J connectivity index is 1.82. The molecule has 3 amide bonds. The molecule has 9 heteroatoms. The second kappa shape index (κ2) is 13.3. The number of hydrogen-bond donors (Lipinski definition) is 2. The summed E-state index contributed by atoms with van der Waals surface area (Å²) in [5.74, 6) is -0.311. The van der Waals surface area contributed by atoms with Crippen LogP contribution >= 0.6 is 11.6 Å². The molecular weight excluding hydrogens is 482 g/mol. The fraction of sp³-hybridized carbons (Fsp3) is 0.444. The molecule has 0 aliphatic carbocycles. The monoisotopic (exact) mass is 515 g/mol. The van der Waals surface area contributed by atoms with Crippen molar-refractivity contribution in [3.05, 3.63) is 64.2 Å². The number of amides is 3. The van der Waals surface area contributed by atoms with Gasteiger partial charge in [-0.05, 0) is 54.7 Å². The average Bonchev–Trinajstić information content (AvgIpc) is 2.85. The van der Waals surface area contributed by atoms with Gasteiger partial charge in [-0.25, -0.2) is 0 Å². The number of benzene rings is 2. The summed E-state index contributed by atoms with van der Waals surface area (Å²) in [5, 5.41) is 6.33. The van der Waals surface area contributed by atoms with Crippen molar-refractivity contribution in [1.29, 1.82) is 0 Å². The maximum absolute atomic E-state index is 13.3. The van der Waals surface area contributed by atoms with Crippen LogP contribution in [0.3, 0.4) is 0 Å². The van der Waals surface area contributed by atoms with Crippen LogP contribution in [0.2, 0.25) is 5.02 Å². The van der Waals surface area contributed by atoms with Gasteiger partial charge in [0.2, 0.25) is 5.91 Å². The molecule has 0 spiro atoms. The van der Waals surface area contributed by atoms with Gasteiger partial charge in [0.1, 0.15) is 12.4 Å². The lowest BCUT2D eigenvalue weighted by Gasteiger charge is -2.26. The van der Waals surface area contributed by atoms with Crippen molar-refractivity contribution in [3.8, 4) is 5.75 Å². The first-order valence-corrected chi connectivity index (χ1v) is 12.5. The van der Waals surface area contributed by atoms with Crippen LogP contribution in [0.4, 0.5) is 0 Å². The minimum atomic E-state index is -0.323. The van der Waals surface area contributed by atoms with Crippen molar-refractivity contribution in [2.75, 3.05) is 33.4 Å². The van der Waals surface area contributed by atoms with Crippen LogP contribution in [0.25, 0.3) is 0 Å². The van der Waals surface area contributed by atoms with Gasteiger partial charge in [-0.2, -0.15) is 0 Å². The SMILES string of the molecule is COCc1cccc(C(=O)N2CCCCNC(=O)c3cc(Cl)ccc3OC[C@@H](C(C)C)NC(=O)C2)c1. The highest BCUT2D eigenvalue weighted by atomic mass is 35.5. The summed E-state index contributed by atoms with van der Waals surface area (Å²) in [6.45, 7) is 5.22. The number of carbonyl (C=O) groups excluding carboxylic acids is 3. The van der Waals surface area contributed by atoms with E-state index in [1.54, 1.807) is 48.4 Å². The Labute approximate surface area is 217 Å². The van der Waals surface area contributed by atoms with Crippen molar-refractivity contribution in [1.82, 2.24) is 15.5 Å². The zero-order valence-electron chi connectivity index (χ0n) is 21.0. The summed E-state index contributed by atoms with van der Waals surface area (Å²) in [4.78, 5) is 40.7. The number of ether oxygens (including phenoxy) is 2. The van der Waals surface area contributed by atoms with E-state index in [0.29, 0.717) is 54.4 Å². The highest BCUT2D eigenvalue weighted by molar-refractivity contribution is 6.31. The lowest BCUT2D eigenvalue weighted by atomic mass is 10.1. The average molecular weight is 516 g/mol. The summed E-state index contributed by atoms with van der Waals surface area (Å²) >= 11 is 6.12. The first-order chi connectivity index (χ1) is 17.3. The van der Waals surface area contributed by atoms with Gasteiger partial charge in [0.15, 0.2) is 0 Å². The Morgan fingerprint density at radius 1 is 1.19 bits per heavy atom. The topological polar surface area (TPSA) is 97.0 Å². The Morgan fingerprint density at radius 3 is 2.75 bits per heavy atom. The molecule has 3 rings (SSSR count). The molecule has 194 valence electrons. The lowest BCUT2D eigenvalue weighted by Crippen LogP contribution is -2.48.